The molecule has 0 unspecified atom stereocenters. The van der Waals surface area contributed by atoms with Crippen molar-refractivity contribution >= 4 is 23.4 Å². The van der Waals surface area contributed by atoms with Gasteiger partial charge in [0.25, 0.3) is 5.91 Å². The molecule has 2 heterocycles. The maximum absolute atomic E-state index is 12.8. The molecule has 4 rings (SSSR count). The zero-order valence-electron chi connectivity index (χ0n) is 14.8. The number of hydrogen-bond donors (Lipinski definition) is 1. The van der Waals surface area contributed by atoms with Crippen LogP contribution in [0.1, 0.15) is 33.7 Å². The van der Waals surface area contributed by atoms with Crippen LogP contribution in [-0.4, -0.2) is 26.9 Å². The fourth-order valence-corrected chi connectivity index (χ4v) is 3.75. The first-order valence-corrected chi connectivity index (χ1v) is 9.88. The number of nitrogens with one attached hydrogen (secondary N) is 1. The topological polar surface area (TPSA) is 59.8 Å². The molecule has 0 atom stereocenters. The molecule has 2 aromatic heterocycles. The van der Waals surface area contributed by atoms with Crippen LogP contribution in [0.2, 0.25) is 0 Å². The highest BCUT2D eigenvalue weighted by molar-refractivity contribution is 7.98. The number of rotatable bonds is 4. The zero-order chi connectivity index (χ0) is 18.1. The molecule has 0 spiro atoms. The molecule has 1 aromatic carbocycles. The Morgan fingerprint density at radius 1 is 1.19 bits per heavy atom. The minimum atomic E-state index is -0.172. The van der Waals surface area contributed by atoms with Crippen molar-refractivity contribution in [2.75, 3.05) is 11.6 Å². The predicted molar refractivity (Wildman–Crippen MR) is 104 cm³/mol. The van der Waals surface area contributed by atoms with E-state index in [9.17, 15) is 4.79 Å². The van der Waals surface area contributed by atoms with Gasteiger partial charge < -0.3 is 5.32 Å². The van der Waals surface area contributed by atoms with Gasteiger partial charge >= 0.3 is 0 Å². The average Bonchev–Trinajstić information content (AvgIpc) is 3.25. The molecule has 0 radical (unpaired) electrons. The normalized spacial score (nSPS) is 12.8. The van der Waals surface area contributed by atoms with E-state index >= 15 is 0 Å². The summed E-state index contributed by atoms with van der Waals surface area (Å²) in [4.78, 5) is 17.1. The van der Waals surface area contributed by atoms with Crippen molar-refractivity contribution in [2.24, 2.45) is 0 Å². The number of pyridine rings is 1. The molecule has 1 N–H and O–H groups in total. The van der Waals surface area contributed by atoms with Crippen LogP contribution in [0.5, 0.6) is 0 Å². The van der Waals surface area contributed by atoms with Gasteiger partial charge in [0.1, 0.15) is 0 Å². The number of hydrogen-bond acceptors (Lipinski definition) is 4. The molecular formula is C20H20N4OS. The number of fused-ring (bicyclic) bond motifs is 1. The molecule has 132 valence electrons. The van der Waals surface area contributed by atoms with Gasteiger partial charge in [0.05, 0.1) is 22.6 Å². The molecule has 1 aliphatic rings. The summed E-state index contributed by atoms with van der Waals surface area (Å²) in [6, 6.07) is 11.9. The van der Waals surface area contributed by atoms with E-state index in [0.29, 0.717) is 11.4 Å². The highest BCUT2D eigenvalue weighted by atomic mass is 32.2. The first kappa shape index (κ1) is 16.8. The largest absolute Gasteiger partial charge is 0.319 e. The minimum Gasteiger partial charge on any atom is -0.319 e. The molecule has 5 nitrogen and oxygen atoms in total. The van der Waals surface area contributed by atoms with Crippen LogP contribution in [0.4, 0.5) is 5.69 Å². The number of benzene rings is 1. The van der Waals surface area contributed by atoms with Gasteiger partial charge in [-0.25, -0.2) is 9.67 Å². The fourth-order valence-electron chi connectivity index (χ4n) is 3.39. The molecule has 26 heavy (non-hydrogen) atoms. The number of thioether (sulfide) groups is 1. The maximum atomic E-state index is 12.8. The second-order valence-electron chi connectivity index (χ2n) is 6.37. The van der Waals surface area contributed by atoms with Crippen LogP contribution in [0.15, 0.2) is 47.6 Å². The molecular weight excluding hydrogens is 344 g/mol. The lowest BCUT2D eigenvalue weighted by Crippen LogP contribution is -2.15. The lowest BCUT2D eigenvalue weighted by molar-refractivity contribution is 0.102. The first-order chi connectivity index (χ1) is 12.7. The van der Waals surface area contributed by atoms with Crippen molar-refractivity contribution in [3.63, 3.8) is 0 Å². The Morgan fingerprint density at radius 2 is 2.04 bits per heavy atom. The van der Waals surface area contributed by atoms with E-state index in [1.807, 2.05) is 41.3 Å². The highest BCUT2D eigenvalue weighted by Crippen LogP contribution is 2.29. The Kier molecular flexibility index (Phi) is 4.51. The number of carbonyl (C=O) groups excluding carboxylic acids is 1. The summed E-state index contributed by atoms with van der Waals surface area (Å²) in [6.45, 7) is 2.07. The third kappa shape index (κ3) is 3.01. The number of amides is 1. The van der Waals surface area contributed by atoms with E-state index in [-0.39, 0.29) is 5.91 Å². The molecule has 0 saturated heterocycles. The fraction of sp³-hybridized carbons (Fsp3) is 0.250. The third-order valence-electron chi connectivity index (χ3n) is 4.69. The van der Waals surface area contributed by atoms with Gasteiger partial charge in [0.15, 0.2) is 5.69 Å². The van der Waals surface area contributed by atoms with Crippen LogP contribution >= 0.6 is 11.8 Å². The summed E-state index contributed by atoms with van der Waals surface area (Å²) in [6.07, 6.45) is 6.56. The third-order valence-corrected chi connectivity index (χ3v) is 5.35. The Bertz CT molecular complexity index is 962. The van der Waals surface area contributed by atoms with Gasteiger partial charge in [-0.15, -0.1) is 11.8 Å². The average molecular weight is 364 g/mol. The van der Waals surface area contributed by atoms with Gasteiger partial charge in [-0.05, 0) is 56.2 Å². The van der Waals surface area contributed by atoms with Gasteiger partial charge in [-0.2, -0.15) is 5.10 Å². The Morgan fingerprint density at radius 3 is 2.77 bits per heavy atom. The molecule has 0 fully saturated rings. The van der Waals surface area contributed by atoms with E-state index in [1.165, 1.54) is 0 Å². The van der Waals surface area contributed by atoms with Crippen molar-refractivity contribution in [1.29, 1.82) is 0 Å². The van der Waals surface area contributed by atoms with Gasteiger partial charge in [-0.3, -0.25) is 4.79 Å². The summed E-state index contributed by atoms with van der Waals surface area (Å²) < 4.78 is 1.95. The van der Waals surface area contributed by atoms with Gasteiger partial charge in [0, 0.05) is 11.3 Å². The number of aromatic nitrogens is 3. The van der Waals surface area contributed by atoms with E-state index in [1.54, 1.807) is 18.0 Å². The number of anilines is 1. The quantitative estimate of drug-likeness (QED) is 0.710. The minimum absolute atomic E-state index is 0.172. The molecule has 3 aromatic rings. The molecule has 0 bridgehead atoms. The summed E-state index contributed by atoms with van der Waals surface area (Å²) in [5, 5.41) is 8.53. The standard InChI is InChI=1S/C20H20N4OS/c1-13-6-3-4-8-16(13)24-17-9-5-7-15(17)19(23-24)20(25)22-14-10-11-18(26-2)21-12-14/h3-4,6,8,10-12H,5,7,9H2,1-2H3,(H,22,25). The van der Waals surface area contributed by atoms with Crippen LogP contribution < -0.4 is 5.32 Å². The first-order valence-electron chi connectivity index (χ1n) is 8.65. The van der Waals surface area contributed by atoms with Gasteiger partial charge in [-0.1, -0.05) is 18.2 Å². The predicted octanol–water partition coefficient (Wildman–Crippen LogP) is 4.04. The summed E-state index contributed by atoms with van der Waals surface area (Å²) in [7, 11) is 0. The van der Waals surface area contributed by atoms with Crippen molar-refractivity contribution in [3.8, 4) is 5.69 Å². The summed E-state index contributed by atoms with van der Waals surface area (Å²) in [5.74, 6) is -0.172. The lowest BCUT2D eigenvalue weighted by atomic mass is 10.1. The SMILES string of the molecule is CSc1ccc(NC(=O)c2nn(-c3ccccc3C)c3c2CCC3)cn1. The van der Waals surface area contributed by atoms with Gasteiger partial charge in [0.2, 0.25) is 0 Å². The summed E-state index contributed by atoms with van der Waals surface area (Å²) in [5.41, 5.74) is 5.61. The molecule has 0 aliphatic heterocycles. The molecule has 1 amide bonds. The smallest absolute Gasteiger partial charge is 0.276 e. The molecule has 1 aliphatic carbocycles. The molecule has 0 saturated carbocycles. The van der Waals surface area contributed by atoms with Crippen LogP contribution in [-0.2, 0) is 12.8 Å². The van der Waals surface area contributed by atoms with E-state index in [4.69, 9.17) is 0 Å². The van der Waals surface area contributed by atoms with E-state index < -0.39 is 0 Å². The Hall–Kier alpha value is -2.60. The van der Waals surface area contributed by atoms with Crippen LogP contribution in [0, 0.1) is 6.92 Å². The zero-order valence-corrected chi connectivity index (χ0v) is 15.6. The monoisotopic (exact) mass is 364 g/mol. The van der Waals surface area contributed by atoms with Crippen LogP contribution in [0.3, 0.4) is 0 Å². The lowest BCUT2D eigenvalue weighted by Gasteiger charge is -2.08. The van der Waals surface area contributed by atoms with Crippen molar-refractivity contribution in [2.45, 2.75) is 31.2 Å². The Balaban J connectivity index is 1.67. The van der Waals surface area contributed by atoms with E-state index in [2.05, 4.69) is 28.4 Å². The van der Waals surface area contributed by atoms with E-state index in [0.717, 1.165) is 46.8 Å². The number of nitrogens with zero attached hydrogens (tertiary/aromatic N) is 3. The Labute approximate surface area is 156 Å². The second-order valence-corrected chi connectivity index (χ2v) is 7.20. The van der Waals surface area contributed by atoms with Crippen LogP contribution in [0.25, 0.3) is 5.69 Å². The maximum Gasteiger partial charge on any atom is 0.276 e. The second kappa shape index (κ2) is 6.96. The summed E-state index contributed by atoms with van der Waals surface area (Å²) >= 11 is 1.57. The molecule has 6 heteroatoms. The van der Waals surface area contributed by atoms with Crippen molar-refractivity contribution < 1.29 is 4.79 Å². The highest BCUT2D eigenvalue weighted by Gasteiger charge is 2.27. The van der Waals surface area contributed by atoms with Crippen molar-refractivity contribution in [1.82, 2.24) is 14.8 Å². The number of para-hydroxylation sites is 1. The number of aryl methyl sites for hydroxylation is 1. The van der Waals surface area contributed by atoms with Crippen molar-refractivity contribution in [3.05, 3.63) is 65.1 Å². The number of carbonyl (C=O) groups is 1.